The summed E-state index contributed by atoms with van der Waals surface area (Å²) in [5.74, 6) is 0.0110. The lowest BCUT2D eigenvalue weighted by Crippen LogP contribution is -3.16. The number of quaternary nitrogens is 1. The van der Waals surface area contributed by atoms with Crippen LogP contribution in [-0.2, 0) is 4.79 Å². The van der Waals surface area contributed by atoms with Gasteiger partial charge in [0.05, 0.1) is 31.9 Å². The van der Waals surface area contributed by atoms with Gasteiger partial charge in [-0.1, -0.05) is 12.1 Å². The molecule has 7 nitrogen and oxygen atoms in total. The van der Waals surface area contributed by atoms with E-state index >= 15 is 0 Å². The minimum Gasteiger partial charge on any atom is -0.506 e. The maximum atomic E-state index is 11.8. The maximum Gasteiger partial charge on any atom is 0.321 e. The van der Waals surface area contributed by atoms with E-state index in [0.717, 1.165) is 36.8 Å². The molecule has 0 radical (unpaired) electrons. The van der Waals surface area contributed by atoms with Crippen LogP contribution in [0.3, 0.4) is 0 Å². The molecule has 1 aliphatic rings. The summed E-state index contributed by atoms with van der Waals surface area (Å²) in [5.41, 5.74) is 0.827. The standard InChI is InChI=1S/C15H22N4O3/c1-2-16-15(22)17-14(21)11-18-7-9-19(10-8-18)12-5-3-4-6-13(12)20/h3-6,20H,2,7-11H2,1H3,(H2,16,17,21,22)/p+1. The number of nitrogens with one attached hydrogen (secondary N) is 3. The molecule has 0 spiro atoms. The monoisotopic (exact) mass is 307 g/mol. The van der Waals surface area contributed by atoms with E-state index in [0.29, 0.717) is 6.54 Å². The molecule has 0 atom stereocenters. The van der Waals surface area contributed by atoms with Gasteiger partial charge in [0.25, 0.3) is 5.91 Å². The number of imide groups is 1. The van der Waals surface area contributed by atoms with E-state index in [1.807, 2.05) is 12.1 Å². The molecule has 7 heteroatoms. The number of piperazine rings is 1. The van der Waals surface area contributed by atoms with Crippen molar-refractivity contribution in [2.45, 2.75) is 6.92 Å². The molecule has 0 bridgehead atoms. The molecule has 22 heavy (non-hydrogen) atoms. The van der Waals surface area contributed by atoms with Gasteiger partial charge in [0, 0.05) is 6.54 Å². The number of para-hydroxylation sites is 2. The number of benzene rings is 1. The van der Waals surface area contributed by atoms with Crippen molar-refractivity contribution >= 4 is 17.6 Å². The zero-order chi connectivity index (χ0) is 15.9. The summed E-state index contributed by atoms with van der Waals surface area (Å²) >= 11 is 0. The second-order valence-corrected chi connectivity index (χ2v) is 5.31. The second kappa shape index (κ2) is 7.65. The molecule has 120 valence electrons. The highest BCUT2D eigenvalue weighted by Crippen LogP contribution is 2.25. The van der Waals surface area contributed by atoms with Crippen LogP contribution in [0, 0.1) is 0 Å². The minimum atomic E-state index is -0.445. The molecular formula is C15H23N4O3+. The fraction of sp³-hybridized carbons (Fsp3) is 0.467. The Morgan fingerprint density at radius 3 is 2.59 bits per heavy atom. The van der Waals surface area contributed by atoms with Crippen LogP contribution in [0.4, 0.5) is 10.5 Å². The topological polar surface area (TPSA) is 86.1 Å². The van der Waals surface area contributed by atoms with Crippen molar-refractivity contribution < 1.29 is 19.6 Å². The Morgan fingerprint density at radius 1 is 1.27 bits per heavy atom. The molecule has 4 N–H and O–H groups in total. The van der Waals surface area contributed by atoms with Crippen molar-refractivity contribution in [1.29, 1.82) is 0 Å². The summed E-state index contributed by atoms with van der Waals surface area (Å²) in [4.78, 5) is 26.3. The van der Waals surface area contributed by atoms with Crippen molar-refractivity contribution in [1.82, 2.24) is 10.6 Å². The van der Waals surface area contributed by atoms with Crippen LogP contribution < -0.4 is 20.4 Å². The SMILES string of the molecule is CCNC(=O)NC(=O)C[NH+]1CCN(c2ccccc2O)CC1. The summed E-state index contributed by atoms with van der Waals surface area (Å²) < 4.78 is 0. The van der Waals surface area contributed by atoms with Crippen molar-refractivity contribution in [3.05, 3.63) is 24.3 Å². The van der Waals surface area contributed by atoms with Gasteiger partial charge in [0.15, 0.2) is 6.54 Å². The zero-order valence-corrected chi connectivity index (χ0v) is 12.8. The smallest absolute Gasteiger partial charge is 0.321 e. The molecule has 3 amide bonds. The molecule has 1 aliphatic heterocycles. The Morgan fingerprint density at radius 2 is 1.95 bits per heavy atom. The summed E-state index contributed by atoms with van der Waals surface area (Å²) in [6.07, 6.45) is 0. The van der Waals surface area contributed by atoms with Crippen molar-refractivity contribution in [2.24, 2.45) is 0 Å². The highest BCUT2D eigenvalue weighted by atomic mass is 16.3. The molecular weight excluding hydrogens is 284 g/mol. The molecule has 2 rings (SSSR count). The number of carbonyl (C=O) groups excluding carboxylic acids is 2. The van der Waals surface area contributed by atoms with Crippen LogP contribution in [0.25, 0.3) is 0 Å². The Hall–Kier alpha value is -2.28. The number of amides is 3. The third-order valence-corrected chi connectivity index (χ3v) is 3.69. The fourth-order valence-electron chi connectivity index (χ4n) is 2.57. The van der Waals surface area contributed by atoms with Crippen LogP contribution in [0.1, 0.15) is 6.92 Å². The van der Waals surface area contributed by atoms with Crippen LogP contribution in [0.2, 0.25) is 0 Å². The highest BCUT2D eigenvalue weighted by molar-refractivity contribution is 5.94. The van der Waals surface area contributed by atoms with Gasteiger partial charge in [0.2, 0.25) is 0 Å². The normalized spacial score (nSPS) is 15.4. The van der Waals surface area contributed by atoms with E-state index in [2.05, 4.69) is 15.5 Å². The molecule has 1 aromatic rings. The van der Waals surface area contributed by atoms with Crippen LogP contribution in [0.15, 0.2) is 24.3 Å². The number of phenolic OH excluding ortho intramolecular Hbond substituents is 1. The molecule has 0 aromatic heterocycles. The van der Waals surface area contributed by atoms with Gasteiger partial charge in [0.1, 0.15) is 5.75 Å². The lowest BCUT2D eigenvalue weighted by Gasteiger charge is -2.33. The first-order valence-electron chi connectivity index (χ1n) is 7.54. The third-order valence-electron chi connectivity index (χ3n) is 3.69. The Labute approximate surface area is 129 Å². The quantitative estimate of drug-likeness (QED) is 0.571. The lowest BCUT2D eigenvalue weighted by molar-refractivity contribution is -0.892. The Balaban J connectivity index is 1.79. The lowest BCUT2D eigenvalue weighted by atomic mass is 10.2. The summed E-state index contributed by atoms with van der Waals surface area (Å²) in [5, 5.41) is 14.7. The zero-order valence-electron chi connectivity index (χ0n) is 12.8. The number of phenols is 1. The van der Waals surface area contributed by atoms with Gasteiger partial charge in [-0.15, -0.1) is 0 Å². The average molecular weight is 307 g/mol. The Kier molecular flexibility index (Phi) is 5.60. The predicted molar refractivity (Wildman–Crippen MR) is 83.1 cm³/mol. The largest absolute Gasteiger partial charge is 0.506 e. The molecule has 0 unspecified atom stereocenters. The number of rotatable bonds is 4. The predicted octanol–water partition coefficient (Wildman–Crippen LogP) is -1.06. The summed E-state index contributed by atoms with van der Waals surface area (Å²) in [6.45, 7) is 5.68. The van der Waals surface area contributed by atoms with E-state index in [9.17, 15) is 14.7 Å². The first kappa shape index (κ1) is 16.1. The molecule has 0 aliphatic carbocycles. The molecule has 1 heterocycles. The van der Waals surface area contributed by atoms with E-state index in [1.165, 1.54) is 0 Å². The van der Waals surface area contributed by atoms with Gasteiger partial charge in [-0.05, 0) is 19.1 Å². The van der Waals surface area contributed by atoms with Gasteiger partial charge >= 0.3 is 6.03 Å². The van der Waals surface area contributed by atoms with E-state index in [-0.39, 0.29) is 18.2 Å². The number of anilines is 1. The second-order valence-electron chi connectivity index (χ2n) is 5.31. The maximum absolute atomic E-state index is 11.8. The highest BCUT2D eigenvalue weighted by Gasteiger charge is 2.24. The van der Waals surface area contributed by atoms with E-state index in [4.69, 9.17) is 0 Å². The van der Waals surface area contributed by atoms with Crippen molar-refractivity contribution in [3.8, 4) is 5.75 Å². The van der Waals surface area contributed by atoms with Crippen molar-refractivity contribution in [2.75, 3.05) is 44.2 Å². The van der Waals surface area contributed by atoms with Gasteiger partial charge in [-0.2, -0.15) is 0 Å². The van der Waals surface area contributed by atoms with Gasteiger partial charge in [-0.25, -0.2) is 4.79 Å². The fourth-order valence-corrected chi connectivity index (χ4v) is 2.57. The molecule has 1 aromatic carbocycles. The minimum absolute atomic E-state index is 0.267. The molecule has 0 saturated carbocycles. The molecule has 1 fully saturated rings. The average Bonchev–Trinajstić information content (AvgIpc) is 2.49. The van der Waals surface area contributed by atoms with Crippen molar-refractivity contribution in [3.63, 3.8) is 0 Å². The third kappa shape index (κ3) is 4.36. The number of aromatic hydroxyl groups is 1. The van der Waals surface area contributed by atoms with Crippen LogP contribution >= 0.6 is 0 Å². The van der Waals surface area contributed by atoms with E-state index < -0.39 is 6.03 Å². The molecule has 1 saturated heterocycles. The number of nitrogens with zero attached hydrogens (tertiary/aromatic N) is 1. The first-order valence-corrected chi connectivity index (χ1v) is 7.54. The summed E-state index contributed by atoms with van der Waals surface area (Å²) in [7, 11) is 0. The number of hydrogen-bond acceptors (Lipinski definition) is 4. The van der Waals surface area contributed by atoms with E-state index in [1.54, 1.807) is 19.1 Å². The van der Waals surface area contributed by atoms with Gasteiger partial charge in [-0.3, -0.25) is 10.1 Å². The number of hydrogen-bond donors (Lipinski definition) is 4. The summed E-state index contributed by atoms with van der Waals surface area (Å²) in [6, 6.07) is 6.82. The Bertz CT molecular complexity index is 527. The number of carbonyl (C=O) groups is 2. The van der Waals surface area contributed by atoms with Gasteiger partial charge < -0.3 is 20.2 Å². The number of urea groups is 1. The van der Waals surface area contributed by atoms with Crippen LogP contribution in [0.5, 0.6) is 5.75 Å². The first-order chi connectivity index (χ1) is 10.6. The van der Waals surface area contributed by atoms with Crippen LogP contribution in [-0.4, -0.2) is 56.3 Å².